The Labute approximate surface area is 138 Å². The number of nitrogens with zero attached hydrogens (tertiary/aromatic N) is 6. The van der Waals surface area contributed by atoms with E-state index in [4.69, 9.17) is 0 Å². The van der Waals surface area contributed by atoms with E-state index in [0.717, 1.165) is 24.8 Å². The quantitative estimate of drug-likeness (QED) is 0.679. The van der Waals surface area contributed by atoms with Gasteiger partial charge in [-0.15, -0.1) is 5.10 Å². The maximum absolute atomic E-state index is 12.7. The molecule has 0 spiro atoms. The highest BCUT2D eigenvalue weighted by atomic mass is 16.1. The van der Waals surface area contributed by atoms with Crippen LogP contribution in [0.15, 0.2) is 37.1 Å². The average molecular weight is 326 g/mol. The molecule has 0 aliphatic rings. The average Bonchev–Trinajstić information content (AvgIpc) is 3.29. The third-order valence-corrected chi connectivity index (χ3v) is 3.68. The number of nitrogens with one attached hydrogen (secondary N) is 2. The second-order valence-electron chi connectivity index (χ2n) is 5.34. The Kier molecular flexibility index (Phi) is 4.90. The summed E-state index contributed by atoms with van der Waals surface area (Å²) >= 11 is 0. The minimum absolute atomic E-state index is 0.109. The van der Waals surface area contributed by atoms with E-state index >= 15 is 0 Å². The predicted octanol–water partition coefficient (Wildman–Crippen LogP) is 1.44. The molecule has 0 aromatic carbocycles. The standard InChI is InChI=1S/C15H18N8O/c1-2-3-6-13(11-5-4-7-16-8-11)19-15(24)12-9-17-20-14(12)23-10-18-21-22-23/h4-5,7-10,13H,2-3,6H2,1H3,(H,17,20)(H,19,24). The lowest BCUT2D eigenvalue weighted by atomic mass is 10.0. The number of pyridine rings is 1. The molecule has 1 amide bonds. The lowest BCUT2D eigenvalue weighted by Crippen LogP contribution is -2.29. The second kappa shape index (κ2) is 7.44. The Balaban J connectivity index is 1.80. The smallest absolute Gasteiger partial charge is 0.257 e. The molecule has 9 nitrogen and oxygen atoms in total. The van der Waals surface area contributed by atoms with Crippen molar-refractivity contribution in [3.63, 3.8) is 0 Å². The van der Waals surface area contributed by atoms with E-state index in [1.807, 2.05) is 12.1 Å². The molecular formula is C15H18N8O. The zero-order chi connectivity index (χ0) is 16.8. The van der Waals surface area contributed by atoms with E-state index < -0.39 is 0 Å². The topological polar surface area (TPSA) is 114 Å². The number of tetrazole rings is 1. The van der Waals surface area contributed by atoms with Crippen LogP contribution in [0.5, 0.6) is 0 Å². The summed E-state index contributed by atoms with van der Waals surface area (Å²) in [4.78, 5) is 16.8. The third kappa shape index (κ3) is 3.45. The van der Waals surface area contributed by atoms with Crippen molar-refractivity contribution in [3.05, 3.63) is 48.2 Å². The van der Waals surface area contributed by atoms with Gasteiger partial charge >= 0.3 is 0 Å². The van der Waals surface area contributed by atoms with E-state index in [-0.39, 0.29) is 11.9 Å². The number of H-pyrrole nitrogens is 1. The number of carbonyl (C=O) groups is 1. The Bertz CT molecular complexity index is 768. The van der Waals surface area contributed by atoms with E-state index in [9.17, 15) is 4.79 Å². The Morgan fingerprint density at radius 2 is 2.33 bits per heavy atom. The van der Waals surface area contributed by atoms with Crippen molar-refractivity contribution in [3.8, 4) is 5.82 Å². The molecule has 3 rings (SSSR count). The summed E-state index contributed by atoms with van der Waals surface area (Å²) in [6.45, 7) is 2.12. The van der Waals surface area contributed by atoms with Gasteiger partial charge in [0, 0.05) is 12.4 Å². The largest absolute Gasteiger partial charge is 0.345 e. The lowest BCUT2D eigenvalue weighted by molar-refractivity contribution is 0.0934. The van der Waals surface area contributed by atoms with Crippen molar-refractivity contribution >= 4 is 5.91 Å². The highest BCUT2D eigenvalue weighted by Gasteiger charge is 2.20. The first-order chi connectivity index (χ1) is 11.8. The zero-order valence-corrected chi connectivity index (χ0v) is 13.3. The Hall–Kier alpha value is -3.10. The molecule has 124 valence electrons. The number of rotatable bonds is 7. The Morgan fingerprint density at radius 1 is 1.42 bits per heavy atom. The van der Waals surface area contributed by atoms with Crippen molar-refractivity contribution < 1.29 is 4.79 Å². The number of aromatic nitrogens is 7. The fourth-order valence-corrected chi connectivity index (χ4v) is 2.43. The van der Waals surface area contributed by atoms with Crippen LogP contribution in [-0.2, 0) is 0 Å². The molecule has 1 unspecified atom stereocenters. The lowest BCUT2D eigenvalue weighted by Gasteiger charge is -2.18. The summed E-state index contributed by atoms with van der Waals surface area (Å²) in [6, 6.07) is 3.72. The molecule has 3 aromatic rings. The first-order valence-corrected chi connectivity index (χ1v) is 7.77. The summed E-state index contributed by atoms with van der Waals surface area (Å²) < 4.78 is 1.37. The van der Waals surface area contributed by atoms with Crippen LogP contribution in [0.1, 0.15) is 48.1 Å². The van der Waals surface area contributed by atoms with E-state index in [1.54, 1.807) is 12.4 Å². The molecule has 3 aromatic heterocycles. The molecule has 0 aliphatic carbocycles. The molecule has 3 heterocycles. The van der Waals surface area contributed by atoms with E-state index in [1.165, 1.54) is 17.2 Å². The van der Waals surface area contributed by atoms with Crippen LogP contribution in [0, 0.1) is 0 Å². The molecular weight excluding hydrogens is 308 g/mol. The second-order valence-corrected chi connectivity index (χ2v) is 5.34. The highest BCUT2D eigenvalue weighted by Crippen LogP contribution is 2.20. The van der Waals surface area contributed by atoms with Crippen LogP contribution >= 0.6 is 0 Å². The van der Waals surface area contributed by atoms with Gasteiger partial charge in [0.2, 0.25) is 0 Å². The number of unbranched alkanes of at least 4 members (excludes halogenated alkanes) is 1. The minimum Gasteiger partial charge on any atom is -0.345 e. The fourth-order valence-electron chi connectivity index (χ4n) is 2.43. The van der Waals surface area contributed by atoms with Crippen molar-refractivity contribution in [2.75, 3.05) is 0 Å². The molecule has 0 aliphatic heterocycles. The van der Waals surface area contributed by atoms with Crippen molar-refractivity contribution in [1.29, 1.82) is 0 Å². The number of amides is 1. The van der Waals surface area contributed by atoms with Gasteiger partial charge in [-0.25, -0.2) is 0 Å². The van der Waals surface area contributed by atoms with Gasteiger partial charge < -0.3 is 5.32 Å². The summed E-state index contributed by atoms with van der Waals surface area (Å²) in [6.07, 6.45) is 9.25. The monoisotopic (exact) mass is 326 g/mol. The van der Waals surface area contributed by atoms with Crippen LogP contribution in [0.25, 0.3) is 5.82 Å². The van der Waals surface area contributed by atoms with Gasteiger partial charge in [0.15, 0.2) is 5.82 Å². The van der Waals surface area contributed by atoms with Crippen molar-refractivity contribution in [1.82, 2.24) is 40.7 Å². The van der Waals surface area contributed by atoms with Crippen molar-refractivity contribution in [2.45, 2.75) is 32.2 Å². The van der Waals surface area contributed by atoms with Gasteiger partial charge in [-0.2, -0.15) is 9.78 Å². The summed E-state index contributed by atoms with van der Waals surface area (Å²) in [7, 11) is 0. The number of aromatic amines is 1. The van der Waals surface area contributed by atoms with Crippen LogP contribution < -0.4 is 5.32 Å². The molecule has 0 bridgehead atoms. The molecule has 24 heavy (non-hydrogen) atoms. The molecule has 2 N–H and O–H groups in total. The molecule has 0 radical (unpaired) electrons. The summed E-state index contributed by atoms with van der Waals surface area (Å²) in [5.74, 6) is 0.192. The van der Waals surface area contributed by atoms with Gasteiger partial charge in [0.25, 0.3) is 5.91 Å². The summed E-state index contributed by atoms with van der Waals surface area (Å²) in [5, 5.41) is 20.6. The normalized spacial score (nSPS) is 12.0. The number of hydrogen-bond donors (Lipinski definition) is 2. The van der Waals surface area contributed by atoms with Crippen molar-refractivity contribution in [2.24, 2.45) is 0 Å². The molecule has 0 saturated heterocycles. The predicted molar refractivity (Wildman–Crippen MR) is 85.3 cm³/mol. The van der Waals surface area contributed by atoms with E-state index in [2.05, 4.69) is 42.9 Å². The molecule has 9 heteroatoms. The van der Waals surface area contributed by atoms with Crippen LogP contribution in [0.3, 0.4) is 0 Å². The first kappa shape index (κ1) is 15.8. The number of hydrogen-bond acceptors (Lipinski definition) is 6. The molecule has 0 fully saturated rings. The maximum atomic E-state index is 12.7. The Morgan fingerprint density at radius 3 is 3.04 bits per heavy atom. The molecule has 1 atom stereocenters. The van der Waals surface area contributed by atoms with Gasteiger partial charge in [0.1, 0.15) is 11.9 Å². The summed E-state index contributed by atoms with van der Waals surface area (Å²) in [5.41, 5.74) is 1.36. The van der Waals surface area contributed by atoms with Gasteiger partial charge in [0.05, 0.1) is 12.2 Å². The highest BCUT2D eigenvalue weighted by molar-refractivity contribution is 5.97. The van der Waals surface area contributed by atoms with Gasteiger partial charge in [-0.05, 0) is 28.5 Å². The number of carbonyl (C=O) groups excluding carboxylic acids is 1. The van der Waals surface area contributed by atoms with Gasteiger partial charge in [-0.3, -0.25) is 14.9 Å². The fraction of sp³-hybridized carbons (Fsp3) is 0.333. The first-order valence-electron chi connectivity index (χ1n) is 7.77. The third-order valence-electron chi connectivity index (χ3n) is 3.68. The van der Waals surface area contributed by atoms with Crippen LogP contribution in [0.4, 0.5) is 0 Å². The van der Waals surface area contributed by atoms with Gasteiger partial charge in [-0.1, -0.05) is 25.8 Å². The SMILES string of the molecule is CCCCC(NC(=O)c1cn[nH]c1-n1cnnn1)c1cccnc1. The molecule has 0 saturated carbocycles. The zero-order valence-electron chi connectivity index (χ0n) is 13.3. The maximum Gasteiger partial charge on any atom is 0.257 e. The van der Waals surface area contributed by atoms with Crippen LogP contribution in [0.2, 0.25) is 0 Å². The minimum atomic E-state index is -0.237. The van der Waals surface area contributed by atoms with Crippen LogP contribution in [-0.4, -0.2) is 41.3 Å². The van der Waals surface area contributed by atoms with E-state index in [0.29, 0.717) is 11.4 Å².